The SMILES string of the molecule is CC.Oc1cccc(-c2nc(C3=CC=CCC3)c(-c3cccc4ccccc34)[nH]2)c1. The van der Waals surface area contributed by atoms with E-state index in [1.54, 1.807) is 12.1 Å². The van der Waals surface area contributed by atoms with Crippen molar-refractivity contribution in [2.75, 3.05) is 0 Å². The summed E-state index contributed by atoms with van der Waals surface area (Å²) in [6.07, 6.45) is 8.44. The van der Waals surface area contributed by atoms with Crippen molar-refractivity contribution in [3.8, 4) is 28.4 Å². The maximum Gasteiger partial charge on any atom is 0.138 e. The first-order valence-electron chi connectivity index (χ1n) is 10.5. The lowest BCUT2D eigenvalue weighted by Crippen LogP contribution is -1.92. The van der Waals surface area contributed by atoms with Crippen LogP contribution in [0.3, 0.4) is 0 Å². The minimum absolute atomic E-state index is 0.238. The fourth-order valence-corrected chi connectivity index (χ4v) is 3.83. The van der Waals surface area contributed by atoms with Gasteiger partial charge < -0.3 is 10.1 Å². The number of phenolic OH excluding ortho intramolecular Hbond substituents is 1. The zero-order valence-electron chi connectivity index (χ0n) is 17.4. The second-order valence-corrected chi connectivity index (χ2v) is 7.04. The Morgan fingerprint density at radius 2 is 1.73 bits per heavy atom. The Balaban J connectivity index is 0.00000106. The Hall–Kier alpha value is -3.59. The molecule has 1 aliphatic carbocycles. The van der Waals surface area contributed by atoms with Gasteiger partial charge in [0.25, 0.3) is 0 Å². The number of phenols is 1. The molecule has 0 aliphatic heterocycles. The zero-order chi connectivity index (χ0) is 20.9. The number of aromatic amines is 1. The zero-order valence-corrected chi connectivity index (χ0v) is 17.4. The van der Waals surface area contributed by atoms with Crippen molar-refractivity contribution in [3.05, 3.63) is 90.7 Å². The predicted octanol–water partition coefficient (Wildman–Crippen LogP) is 7.36. The number of rotatable bonds is 3. The van der Waals surface area contributed by atoms with Gasteiger partial charge in [0, 0.05) is 11.1 Å². The monoisotopic (exact) mass is 394 g/mol. The van der Waals surface area contributed by atoms with Gasteiger partial charge in [0.05, 0.1) is 11.4 Å². The highest BCUT2D eigenvalue weighted by molar-refractivity contribution is 5.98. The van der Waals surface area contributed by atoms with E-state index < -0.39 is 0 Å². The molecule has 1 aliphatic rings. The highest BCUT2D eigenvalue weighted by Gasteiger charge is 2.19. The summed E-state index contributed by atoms with van der Waals surface area (Å²) >= 11 is 0. The number of imidazole rings is 1. The first-order valence-corrected chi connectivity index (χ1v) is 10.5. The van der Waals surface area contributed by atoms with Crippen LogP contribution in [0, 0.1) is 0 Å². The number of aromatic hydroxyl groups is 1. The Bertz CT molecular complexity index is 1230. The number of aromatic nitrogens is 2. The van der Waals surface area contributed by atoms with E-state index in [-0.39, 0.29) is 5.75 Å². The summed E-state index contributed by atoms with van der Waals surface area (Å²) in [5.74, 6) is 1.01. The van der Waals surface area contributed by atoms with Gasteiger partial charge in [-0.05, 0) is 41.3 Å². The minimum Gasteiger partial charge on any atom is -0.508 e. The molecule has 2 N–H and O–H groups in total. The van der Waals surface area contributed by atoms with Crippen LogP contribution >= 0.6 is 0 Å². The third kappa shape index (κ3) is 3.79. The maximum absolute atomic E-state index is 9.90. The summed E-state index contributed by atoms with van der Waals surface area (Å²) in [7, 11) is 0. The van der Waals surface area contributed by atoms with E-state index in [0.717, 1.165) is 41.2 Å². The van der Waals surface area contributed by atoms with Gasteiger partial charge in [0.2, 0.25) is 0 Å². The molecular formula is C27H26N2O. The topological polar surface area (TPSA) is 48.9 Å². The highest BCUT2D eigenvalue weighted by Crippen LogP contribution is 2.37. The third-order valence-electron chi connectivity index (χ3n) is 5.20. The van der Waals surface area contributed by atoms with Crippen molar-refractivity contribution in [1.29, 1.82) is 0 Å². The van der Waals surface area contributed by atoms with Gasteiger partial charge in [-0.3, -0.25) is 0 Å². The van der Waals surface area contributed by atoms with E-state index in [0.29, 0.717) is 0 Å². The molecule has 0 fully saturated rings. The van der Waals surface area contributed by atoms with Crippen molar-refractivity contribution in [1.82, 2.24) is 9.97 Å². The standard InChI is InChI=1S/C25H20N2O.C2H6/c28-20-13-6-12-19(16-20)25-26-23(18-9-2-1-3-10-18)24(27-25)22-15-7-11-17-8-4-5-14-21(17)22;1-2/h1-2,4-9,11-16,28H,3,10H2,(H,26,27);1-2H3. The summed E-state index contributed by atoms with van der Waals surface area (Å²) in [4.78, 5) is 8.50. The Morgan fingerprint density at radius 3 is 2.53 bits per heavy atom. The summed E-state index contributed by atoms with van der Waals surface area (Å²) in [6.45, 7) is 4.00. The summed E-state index contributed by atoms with van der Waals surface area (Å²) in [5, 5.41) is 12.3. The lowest BCUT2D eigenvalue weighted by Gasteiger charge is -2.11. The molecule has 5 rings (SSSR count). The Kier molecular flexibility index (Phi) is 5.80. The highest BCUT2D eigenvalue weighted by atomic mass is 16.3. The molecule has 0 bridgehead atoms. The number of nitrogens with zero attached hydrogens (tertiary/aromatic N) is 1. The number of nitrogens with one attached hydrogen (secondary N) is 1. The fraction of sp³-hybridized carbons (Fsp3) is 0.148. The summed E-state index contributed by atoms with van der Waals surface area (Å²) in [5.41, 5.74) is 5.26. The van der Waals surface area contributed by atoms with E-state index in [4.69, 9.17) is 4.98 Å². The van der Waals surface area contributed by atoms with Crippen molar-refractivity contribution >= 4 is 16.3 Å². The van der Waals surface area contributed by atoms with Crippen LogP contribution in [0.5, 0.6) is 5.75 Å². The maximum atomic E-state index is 9.90. The van der Waals surface area contributed by atoms with Crippen LogP contribution < -0.4 is 0 Å². The van der Waals surface area contributed by atoms with Crippen molar-refractivity contribution in [2.24, 2.45) is 0 Å². The number of hydrogen-bond acceptors (Lipinski definition) is 2. The average Bonchev–Trinajstić information content (AvgIpc) is 3.26. The van der Waals surface area contributed by atoms with Crippen molar-refractivity contribution in [3.63, 3.8) is 0 Å². The molecule has 0 saturated heterocycles. The molecule has 0 radical (unpaired) electrons. The van der Waals surface area contributed by atoms with Gasteiger partial charge in [-0.15, -0.1) is 0 Å². The number of allylic oxidation sites excluding steroid dienone is 4. The number of benzene rings is 3. The first-order chi connectivity index (χ1) is 14.8. The van der Waals surface area contributed by atoms with Crippen LogP contribution in [0.4, 0.5) is 0 Å². The Labute approximate surface area is 177 Å². The molecule has 1 aromatic heterocycles. The molecule has 0 unspecified atom stereocenters. The molecule has 30 heavy (non-hydrogen) atoms. The molecule has 3 heteroatoms. The lowest BCUT2D eigenvalue weighted by atomic mass is 9.96. The number of H-pyrrole nitrogens is 1. The number of fused-ring (bicyclic) bond motifs is 1. The molecule has 3 nitrogen and oxygen atoms in total. The fourth-order valence-electron chi connectivity index (χ4n) is 3.83. The molecule has 3 aromatic carbocycles. The second-order valence-electron chi connectivity index (χ2n) is 7.04. The molecule has 0 amide bonds. The van der Waals surface area contributed by atoms with Crippen molar-refractivity contribution in [2.45, 2.75) is 26.7 Å². The molecule has 4 aromatic rings. The molecular weight excluding hydrogens is 368 g/mol. The van der Waals surface area contributed by atoms with E-state index in [2.05, 4.69) is 65.7 Å². The quantitative estimate of drug-likeness (QED) is 0.381. The van der Waals surface area contributed by atoms with Gasteiger partial charge in [0.15, 0.2) is 0 Å². The van der Waals surface area contributed by atoms with Gasteiger partial charge in [0.1, 0.15) is 11.6 Å². The largest absolute Gasteiger partial charge is 0.508 e. The van der Waals surface area contributed by atoms with Crippen LogP contribution in [-0.2, 0) is 0 Å². The third-order valence-corrected chi connectivity index (χ3v) is 5.20. The van der Waals surface area contributed by atoms with Gasteiger partial charge in [-0.25, -0.2) is 4.98 Å². The van der Waals surface area contributed by atoms with E-state index in [9.17, 15) is 5.11 Å². The first kappa shape index (κ1) is 19.7. The molecule has 0 saturated carbocycles. The van der Waals surface area contributed by atoms with Gasteiger partial charge in [-0.1, -0.05) is 86.7 Å². The van der Waals surface area contributed by atoms with Crippen LogP contribution in [0.1, 0.15) is 32.4 Å². The smallest absolute Gasteiger partial charge is 0.138 e. The molecule has 150 valence electrons. The lowest BCUT2D eigenvalue weighted by molar-refractivity contribution is 0.475. The predicted molar refractivity (Wildman–Crippen MR) is 126 cm³/mol. The van der Waals surface area contributed by atoms with Crippen LogP contribution in [0.15, 0.2) is 85.0 Å². The molecule has 1 heterocycles. The van der Waals surface area contributed by atoms with Gasteiger partial charge in [-0.2, -0.15) is 0 Å². The molecule has 0 atom stereocenters. The van der Waals surface area contributed by atoms with Crippen molar-refractivity contribution < 1.29 is 5.11 Å². The van der Waals surface area contributed by atoms with E-state index in [1.165, 1.54) is 16.3 Å². The average molecular weight is 395 g/mol. The minimum atomic E-state index is 0.238. The van der Waals surface area contributed by atoms with Crippen LogP contribution in [-0.4, -0.2) is 15.1 Å². The van der Waals surface area contributed by atoms with Gasteiger partial charge >= 0.3 is 0 Å². The summed E-state index contributed by atoms with van der Waals surface area (Å²) in [6, 6.07) is 22.0. The number of hydrogen-bond donors (Lipinski definition) is 2. The second kappa shape index (κ2) is 8.83. The summed E-state index contributed by atoms with van der Waals surface area (Å²) < 4.78 is 0. The van der Waals surface area contributed by atoms with Crippen LogP contribution in [0.2, 0.25) is 0 Å². The van der Waals surface area contributed by atoms with E-state index in [1.807, 2.05) is 26.0 Å². The normalized spacial score (nSPS) is 12.9. The van der Waals surface area contributed by atoms with Crippen LogP contribution in [0.25, 0.3) is 39.0 Å². The Morgan fingerprint density at radius 1 is 0.933 bits per heavy atom. The van der Waals surface area contributed by atoms with E-state index >= 15 is 0 Å². The molecule has 0 spiro atoms.